The van der Waals surface area contributed by atoms with Gasteiger partial charge in [0, 0.05) is 45.3 Å². The van der Waals surface area contributed by atoms with Crippen LogP contribution in [-0.4, -0.2) is 61.0 Å². The molecule has 0 unspecified atom stereocenters. The van der Waals surface area contributed by atoms with Crippen molar-refractivity contribution < 1.29 is 9.18 Å². The van der Waals surface area contributed by atoms with E-state index in [2.05, 4.69) is 10.2 Å². The summed E-state index contributed by atoms with van der Waals surface area (Å²) in [5, 5.41) is 3.23. The molecule has 2 aliphatic heterocycles. The third-order valence-corrected chi connectivity index (χ3v) is 4.38. The summed E-state index contributed by atoms with van der Waals surface area (Å²) < 4.78 is 13.4. The van der Waals surface area contributed by atoms with Crippen LogP contribution in [-0.2, 0) is 0 Å². The van der Waals surface area contributed by atoms with Gasteiger partial charge in [0.05, 0.1) is 10.6 Å². The molecule has 0 spiro atoms. The third kappa shape index (κ3) is 2.53. The van der Waals surface area contributed by atoms with Gasteiger partial charge in [-0.15, -0.1) is 0 Å². The van der Waals surface area contributed by atoms with Crippen LogP contribution in [0.15, 0.2) is 18.2 Å². The van der Waals surface area contributed by atoms with E-state index in [1.165, 1.54) is 12.1 Å². The largest absolute Gasteiger partial charge is 0.335 e. The second kappa shape index (κ2) is 5.68. The molecule has 1 aromatic rings. The van der Waals surface area contributed by atoms with Crippen molar-refractivity contribution in [3.8, 4) is 0 Å². The van der Waals surface area contributed by atoms with Gasteiger partial charge in [-0.2, -0.15) is 0 Å². The summed E-state index contributed by atoms with van der Waals surface area (Å²) in [7, 11) is 0. The lowest BCUT2D eigenvalue weighted by molar-refractivity contribution is 0.0227. The van der Waals surface area contributed by atoms with Crippen LogP contribution in [0.1, 0.15) is 10.4 Å². The zero-order valence-corrected chi connectivity index (χ0v) is 11.9. The number of hydrogen-bond acceptors (Lipinski definition) is 3. The van der Waals surface area contributed by atoms with E-state index in [1.807, 2.05) is 0 Å². The molecule has 0 bridgehead atoms. The van der Waals surface area contributed by atoms with Gasteiger partial charge >= 0.3 is 0 Å². The molecule has 0 saturated carbocycles. The molecule has 2 aliphatic rings. The van der Waals surface area contributed by atoms with Crippen molar-refractivity contribution in [1.29, 1.82) is 0 Å². The molecule has 20 heavy (non-hydrogen) atoms. The van der Waals surface area contributed by atoms with Crippen molar-refractivity contribution in [2.24, 2.45) is 0 Å². The highest BCUT2D eigenvalue weighted by atomic mass is 35.5. The predicted molar refractivity (Wildman–Crippen MR) is 75.5 cm³/mol. The van der Waals surface area contributed by atoms with E-state index in [9.17, 15) is 9.18 Å². The Hall–Kier alpha value is -1.17. The summed E-state index contributed by atoms with van der Waals surface area (Å²) in [6.07, 6.45) is 0. The Labute approximate surface area is 122 Å². The first-order valence-electron chi connectivity index (χ1n) is 6.85. The number of likely N-dealkylation sites (tertiary alicyclic amines) is 1. The summed E-state index contributed by atoms with van der Waals surface area (Å²) in [6.45, 7) is 5.44. The Balaban J connectivity index is 1.61. The number of hydrogen-bond donors (Lipinski definition) is 1. The molecule has 2 fully saturated rings. The van der Waals surface area contributed by atoms with Gasteiger partial charge in [-0.05, 0) is 12.1 Å². The Morgan fingerprint density at radius 1 is 1.30 bits per heavy atom. The fraction of sp³-hybridized carbons (Fsp3) is 0.500. The van der Waals surface area contributed by atoms with Crippen LogP contribution in [0.25, 0.3) is 0 Å². The highest BCUT2D eigenvalue weighted by molar-refractivity contribution is 6.34. The van der Waals surface area contributed by atoms with E-state index in [4.69, 9.17) is 11.6 Å². The number of nitrogens with zero attached hydrogens (tertiary/aromatic N) is 2. The van der Waals surface area contributed by atoms with Crippen molar-refractivity contribution in [2.45, 2.75) is 6.04 Å². The monoisotopic (exact) mass is 297 g/mol. The summed E-state index contributed by atoms with van der Waals surface area (Å²) in [5.74, 6) is -0.724. The number of nitrogens with one attached hydrogen (secondary N) is 1. The fourth-order valence-electron chi connectivity index (χ4n) is 2.74. The normalized spacial score (nSPS) is 20.8. The molecule has 108 valence electrons. The first kappa shape index (κ1) is 13.8. The highest BCUT2D eigenvalue weighted by Gasteiger charge is 2.36. The van der Waals surface area contributed by atoms with Crippen LogP contribution >= 0.6 is 11.6 Å². The zero-order valence-electron chi connectivity index (χ0n) is 11.1. The molecular weight excluding hydrogens is 281 g/mol. The molecule has 6 heteroatoms. The van der Waals surface area contributed by atoms with Crippen molar-refractivity contribution in [1.82, 2.24) is 15.1 Å². The predicted octanol–water partition coefficient (Wildman–Crippen LogP) is 1.21. The second-order valence-corrected chi connectivity index (χ2v) is 5.63. The third-order valence-electron chi connectivity index (χ3n) is 4.00. The topological polar surface area (TPSA) is 35.6 Å². The quantitative estimate of drug-likeness (QED) is 0.891. The van der Waals surface area contributed by atoms with Gasteiger partial charge in [0.15, 0.2) is 0 Å². The number of rotatable bonds is 2. The molecule has 1 N–H and O–H groups in total. The number of carbonyl (C=O) groups is 1. The van der Waals surface area contributed by atoms with Crippen LogP contribution in [0.4, 0.5) is 4.39 Å². The van der Waals surface area contributed by atoms with E-state index in [0.29, 0.717) is 19.1 Å². The molecule has 1 aromatic carbocycles. The Kier molecular flexibility index (Phi) is 3.92. The minimum Gasteiger partial charge on any atom is -0.335 e. The van der Waals surface area contributed by atoms with Crippen molar-refractivity contribution in [2.75, 3.05) is 39.3 Å². The van der Waals surface area contributed by atoms with Crippen LogP contribution in [0.5, 0.6) is 0 Å². The SMILES string of the molecule is O=C(c1cccc(F)c1Cl)N1CC(N2CCNCC2)C1. The summed E-state index contributed by atoms with van der Waals surface area (Å²) >= 11 is 5.86. The molecule has 0 aromatic heterocycles. The smallest absolute Gasteiger partial charge is 0.255 e. The minimum atomic E-state index is -0.545. The van der Waals surface area contributed by atoms with Crippen LogP contribution < -0.4 is 5.32 Å². The maximum absolute atomic E-state index is 13.4. The summed E-state index contributed by atoms with van der Waals surface area (Å²) in [4.78, 5) is 16.4. The number of halogens is 2. The minimum absolute atomic E-state index is 0.0804. The second-order valence-electron chi connectivity index (χ2n) is 5.25. The standard InChI is InChI=1S/C14H17ClFN3O/c15-13-11(2-1-3-12(13)16)14(20)19-8-10(9-19)18-6-4-17-5-7-18/h1-3,10,17H,4-9H2. The fourth-order valence-corrected chi connectivity index (χ4v) is 2.95. The van der Waals surface area contributed by atoms with Crippen LogP contribution in [0, 0.1) is 5.82 Å². The summed E-state index contributed by atoms with van der Waals surface area (Å²) in [6, 6.07) is 4.78. The molecule has 0 atom stereocenters. The number of amides is 1. The molecule has 1 amide bonds. The Morgan fingerprint density at radius 3 is 2.70 bits per heavy atom. The van der Waals surface area contributed by atoms with Crippen molar-refractivity contribution in [3.63, 3.8) is 0 Å². The lowest BCUT2D eigenvalue weighted by Crippen LogP contribution is -2.63. The average molecular weight is 298 g/mol. The molecule has 3 rings (SSSR count). The average Bonchev–Trinajstić information content (AvgIpc) is 2.41. The van der Waals surface area contributed by atoms with Gasteiger partial charge < -0.3 is 10.2 Å². The Morgan fingerprint density at radius 2 is 2.00 bits per heavy atom. The van der Waals surface area contributed by atoms with E-state index in [1.54, 1.807) is 11.0 Å². The van der Waals surface area contributed by atoms with Gasteiger partial charge in [-0.1, -0.05) is 17.7 Å². The zero-order chi connectivity index (χ0) is 14.1. The van der Waals surface area contributed by atoms with E-state index < -0.39 is 5.82 Å². The van der Waals surface area contributed by atoms with E-state index in [-0.39, 0.29) is 16.5 Å². The summed E-state index contributed by atoms with van der Waals surface area (Å²) in [5.41, 5.74) is 0.255. The van der Waals surface area contributed by atoms with Crippen molar-refractivity contribution in [3.05, 3.63) is 34.6 Å². The van der Waals surface area contributed by atoms with Crippen LogP contribution in [0.3, 0.4) is 0 Å². The Bertz CT molecular complexity index is 513. The van der Waals surface area contributed by atoms with Crippen LogP contribution in [0.2, 0.25) is 5.02 Å². The van der Waals surface area contributed by atoms with E-state index in [0.717, 1.165) is 26.2 Å². The maximum atomic E-state index is 13.4. The maximum Gasteiger partial charge on any atom is 0.255 e. The van der Waals surface area contributed by atoms with Crippen molar-refractivity contribution >= 4 is 17.5 Å². The molecule has 0 radical (unpaired) electrons. The molecule has 2 saturated heterocycles. The highest BCUT2D eigenvalue weighted by Crippen LogP contribution is 2.24. The lowest BCUT2D eigenvalue weighted by Gasteiger charge is -2.46. The first-order valence-corrected chi connectivity index (χ1v) is 7.22. The van der Waals surface area contributed by atoms with Gasteiger partial charge in [0.1, 0.15) is 5.82 Å². The number of benzene rings is 1. The molecule has 0 aliphatic carbocycles. The molecule has 2 heterocycles. The van der Waals surface area contributed by atoms with E-state index >= 15 is 0 Å². The van der Waals surface area contributed by atoms with Gasteiger partial charge in [-0.25, -0.2) is 4.39 Å². The molecule has 4 nitrogen and oxygen atoms in total. The molecular formula is C14H17ClFN3O. The lowest BCUT2D eigenvalue weighted by atomic mass is 10.0. The number of carbonyl (C=O) groups excluding carboxylic acids is 1. The van der Waals surface area contributed by atoms with Gasteiger partial charge in [0.2, 0.25) is 0 Å². The van der Waals surface area contributed by atoms with Gasteiger partial charge in [-0.3, -0.25) is 9.69 Å². The number of piperazine rings is 1. The van der Waals surface area contributed by atoms with Gasteiger partial charge in [0.25, 0.3) is 5.91 Å². The first-order chi connectivity index (χ1) is 9.66.